The molecule has 0 nitrogen and oxygen atoms in total. The Labute approximate surface area is 50.7 Å². The van der Waals surface area contributed by atoms with Crippen LogP contribution in [0.1, 0.15) is 0 Å². The van der Waals surface area contributed by atoms with Crippen molar-refractivity contribution in [2.45, 2.75) is 4.32 Å². The van der Waals surface area contributed by atoms with Gasteiger partial charge in [0.1, 0.15) is 0 Å². The summed E-state index contributed by atoms with van der Waals surface area (Å²) in [5.41, 5.74) is 0. The average molecular weight is 157 g/mol. The summed E-state index contributed by atoms with van der Waals surface area (Å²) in [6, 6.07) is 0. The number of hydrogen-bond donors (Lipinski definition) is 0. The van der Waals surface area contributed by atoms with Crippen LogP contribution in [-0.4, -0.2) is 4.32 Å². The third kappa shape index (κ3) is 0.149. The molecule has 2 bridgehead atoms. The molecule has 2 unspecified atom stereocenters. The summed E-state index contributed by atoms with van der Waals surface area (Å²) in [6.07, 6.45) is 4.70. The lowest BCUT2D eigenvalue weighted by atomic mass is 10.2. The third-order valence-electron chi connectivity index (χ3n) is 2.61. The zero-order valence-corrected chi connectivity index (χ0v) is 5.35. The van der Waals surface area contributed by atoms with Gasteiger partial charge >= 0.3 is 0 Å². The maximum absolute atomic E-state index is 3.69. The van der Waals surface area contributed by atoms with Crippen molar-refractivity contribution in [3.63, 3.8) is 0 Å². The van der Waals surface area contributed by atoms with Crippen molar-refractivity contribution < 1.29 is 0 Å². The zero-order valence-electron chi connectivity index (χ0n) is 3.76. The first-order valence-corrected chi connectivity index (χ1v) is 3.51. The number of alkyl halides is 1. The highest BCUT2D eigenvalue weighted by Gasteiger charge is 2.86. The van der Waals surface area contributed by atoms with Gasteiger partial charge in [0.2, 0.25) is 0 Å². The lowest BCUT2D eigenvalue weighted by molar-refractivity contribution is 0.717. The Bertz CT molecular complexity index is 157. The van der Waals surface area contributed by atoms with Gasteiger partial charge in [-0.15, -0.1) is 0 Å². The molecule has 0 aromatic rings. The highest BCUT2D eigenvalue weighted by atomic mass is 79.9. The molecule has 0 aromatic carbocycles. The Morgan fingerprint density at radius 3 is 1.86 bits per heavy atom. The highest BCUT2D eigenvalue weighted by molar-refractivity contribution is 9.10. The minimum Gasteiger partial charge on any atom is -0.0837 e. The maximum Gasteiger partial charge on any atom is 0.0430 e. The van der Waals surface area contributed by atoms with Crippen molar-refractivity contribution in [1.29, 1.82) is 0 Å². The van der Waals surface area contributed by atoms with Crippen molar-refractivity contribution in [3.8, 4) is 0 Å². The van der Waals surface area contributed by atoms with E-state index in [1.54, 1.807) is 0 Å². The minimum atomic E-state index is 0.646. The smallest absolute Gasteiger partial charge is 0.0430 e. The average Bonchev–Trinajstić information content (AvgIpc) is 2.38. The Morgan fingerprint density at radius 1 is 1.29 bits per heavy atom. The summed E-state index contributed by atoms with van der Waals surface area (Å²) >= 11 is 3.69. The Morgan fingerprint density at radius 2 is 1.71 bits per heavy atom. The molecular formula is C6H5Br. The fourth-order valence-corrected chi connectivity index (χ4v) is 3.14. The number of rotatable bonds is 0. The van der Waals surface area contributed by atoms with Gasteiger partial charge in [0, 0.05) is 4.32 Å². The first-order chi connectivity index (χ1) is 3.35. The predicted molar refractivity (Wildman–Crippen MR) is 31.3 cm³/mol. The first kappa shape index (κ1) is 3.29. The Kier molecular flexibility index (Phi) is 0.268. The molecule has 2 saturated carbocycles. The van der Waals surface area contributed by atoms with Crippen LogP contribution in [0.5, 0.6) is 0 Å². The van der Waals surface area contributed by atoms with Crippen molar-refractivity contribution in [3.05, 3.63) is 12.2 Å². The molecule has 2 atom stereocenters. The monoisotopic (exact) mass is 156 g/mol. The first-order valence-electron chi connectivity index (χ1n) is 2.72. The maximum atomic E-state index is 3.69. The quantitative estimate of drug-likeness (QED) is 0.369. The van der Waals surface area contributed by atoms with Gasteiger partial charge in [0.25, 0.3) is 0 Å². The van der Waals surface area contributed by atoms with Crippen LogP contribution in [-0.2, 0) is 0 Å². The third-order valence-corrected chi connectivity index (χ3v) is 4.20. The molecular weight excluding hydrogens is 152 g/mol. The van der Waals surface area contributed by atoms with Gasteiger partial charge in [-0.3, -0.25) is 0 Å². The van der Waals surface area contributed by atoms with E-state index in [0.717, 1.165) is 17.8 Å². The molecule has 0 radical (unpaired) electrons. The van der Waals surface area contributed by atoms with Crippen LogP contribution in [0.15, 0.2) is 12.2 Å². The van der Waals surface area contributed by atoms with E-state index in [2.05, 4.69) is 28.1 Å². The molecule has 1 heteroatoms. The zero-order chi connectivity index (χ0) is 4.65. The molecule has 0 heterocycles. The minimum absolute atomic E-state index is 0.646. The van der Waals surface area contributed by atoms with Gasteiger partial charge in [0.05, 0.1) is 0 Å². The fraction of sp³-hybridized carbons (Fsp3) is 0.667. The summed E-state index contributed by atoms with van der Waals surface area (Å²) in [6.45, 7) is 0. The van der Waals surface area contributed by atoms with Crippen LogP contribution in [0.3, 0.4) is 0 Å². The van der Waals surface area contributed by atoms with E-state index in [1.165, 1.54) is 0 Å². The van der Waals surface area contributed by atoms with E-state index in [4.69, 9.17) is 0 Å². The second-order valence-corrected chi connectivity index (χ2v) is 4.16. The van der Waals surface area contributed by atoms with Crippen LogP contribution in [0.25, 0.3) is 0 Å². The lowest BCUT2D eigenvalue weighted by Gasteiger charge is -1.93. The molecule has 0 aliphatic heterocycles. The second-order valence-electron chi connectivity index (χ2n) is 2.79. The normalized spacial score (nSPS) is 78.7. The van der Waals surface area contributed by atoms with Crippen molar-refractivity contribution in [1.82, 2.24) is 0 Å². The van der Waals surface area contributed by atoms with Crippen molar-refractivity contribution >= 4 is 15.9 Å². The predicted octanol–water partition coefficient (Wildman–Crippen LogP) is 1.57. The highest BCUT2D eigenvalue weighted by Crippen LogP contribution is 2.86. The van der Waals surface area contributed by atoms with E-state index in [-0.39, 0.29) is 0 Å². The SMILES string of the molecule is BrC12C3C=CC1C32. The van der Waals surface area contributed by atoms with Crippen LogP contribution in [0, 0.1) is 17.8 Å². The molecule has 4 aliphatic carbocycles. The van der Waals surface area contributed by atoms with Gasteiger partial charge in [-0.25, -0.2) is 0 Å². The van der Waals surface area contributed by atoms with Gasteiger partial charge in [0.15, 0.2) is 0 Å². The Hall–Kier alpha value is 0.220. The second kappa shape index (κ2) is 0.572. The van der Waals surface area contributed by atoms with Crippen LogP contribution in [0.4, 0.5) is 0 Å². The summed E-state index contributed by atoms with van der Waals surface area (Å²) in [4.78, 5) is 0. The molecule has 36 valence electrons. The molecule has 0 saturated heterocycles. The molecule has 0 amide bonds. The van der Waals surface area contributed by atoms with Crippen LogP contribution in [0.2, 0.25) is 0 Å². The van der Waals surface area contributed by atoms with Gasteiger partial charge in [-0.2, -0.15) is 0 Å². The van der Waals surface area contributed by atoms with Crippen molar-refractivity contribution in [2.75, 3.05) is 0 Å². The molecule has 4 rings (SSSR count). The van der Waals surface area contributed by atoms with Gasteiger partial charge in [-0.1, -0.05) is 28.1 Å². The van der Waals surface area contributed by atoms with Crippen molar-refractivity contribution in [2.24, 2.45) is 17.8 Å². The van der Waals surface area contributed by atoms with E-state index < -0.39 is 0 Å². The summed E-state index contributed by atoms with van der Waals surface area (Å²) < 4.78 is 0.646. The summed E-state index contributed by atoms with van der Waals surface area (Å²) in [5, 5.41) is 0. The number of hydrogen-bond acceptors (Lipinski definition) is 0. The molecule has 0 N–H and O–H groups in total. The van der Waals surface area contributed by atoms with Crippen LogP contribution >= 0.6 is 15.9 Å². The Balaban J connectivity index is 2.26. The molecule has 0 aromatic heterocycles. The molecule has 4 aliphatic rings. The largest absolute Gasteiger partial charge is 0.0837 e. The molecule has 2 fully saturated rings. The molecule has 7 heavy (non-hydrogen) atoms. The number of halogens is 1. The van der Waals surface area contributed by atoms with Gasteiger partial charge < -0.3 is 0 Å². The summed E-state index contributed by atoms with van der Waals surface area (Å²) in [5.74, 6) is 2.96. The summed E-state index contributed by atoms with van der Waals surface area (Å²) in [7, 11) is 0. The van der Waals surface area contributed by atoms with Crippen LogP contribution < -0.4 is 0 Å². The lowest BCUT2D eigenvalue weighted by Crippen LogP contribution is -1.94. The number of allylic oxidation sites excluding steroid dienone is 2. The van der Waals surface area contributed by atoms with E-state index in [1.807, 2.05) is 0 Å². The van der Waals surface area contributed by atoms with E-state index in [9.17, 15) is 0 Å². The topological polar surface area (TPSA) is 0 Å². The van der Waals surface area contributed by atoms with E-state index in [0.29, 0.717) is 4.32 Å². The standard InChI is InChI=1S/C6H5Br/c7-6-3-1-2-4(6)5(3)6/h1-5H. The fourth-order valence-electron chi connectivity index (χ4n) is 1.96. The molecule has 0 spiro atoms. The van der Waals surface area contributed by atoms with Gasteiger partial charge in [-0.05, 0) is 17.8 Å². The van der Waals surface area contributed by atoms with E-state index >= 15 is 0 Å².